The van der Waals surface area contributed by atoms with Gasteiger partial charge in [-0.2, -0.15) is 0 Å². The van der Waals surface area contributed by atoms with E-state index in [9.17, 15) is 8.42 Å². The van der Waals surface area contributed by atoms with Crippen molar-refractivity contribution >= 4 is 32.6 Å². The van der Waals surface area contributed by atoms with Crippen molar-refractivity contribution in [2.24, 2.45) is 5.73 Å². The van der Waals surface area contributed by atoms with Crippen LogP contribution in [0.3, 0.4) is 0 Å². The fraction of sp³-hybridized carbons (Fsp3) is 0.240. The van der Waals surface area contributed by atoms with Gasteiger partial charge in [0.1, 0.15) is 0 Å². The van der Waals surface area contributed by atoms with Crippen LogP contribution in [-0.4, -0.2) is 34.4 Å². The molecule has 8 nitrogen and oxygen atoms in total. The minimum absolute atomic E-state index is 0.148. The van der Waals surface area contributed by atoms with Crippen molar-refractivity contribution < 1.29 is 8.42 Å². The first-order valence-corrected chi connectivity index (χ1v) is 12.6. The molecule has 4 aromatic rings. The molecule has 2 aromatic heterocycles. The van der Waals surface area contributed by atoms with Crippen LogP contribution in [0.25, 0.3) is 27.0 Å². The molecule has 1 aliphatic carbocycles. The summed E-state index contributed by atoms with van der Waals surface area (Å²) in [6, 6.07) is 15.8. The Labute approximate surface area is 198 Å². The fourth-order valence-corrected chi connectivity index (χ4v) is 5.90. The van der Waals surface area contributed by atoms with E-state index in [1.165, 1.54) is 10.2 Å². The Morgan fingerprint density at radius 1 is 1.09 bits per heavy atom. The lowest BCUT2D eigenvalue weighted by Gasteiger charge is -2.27. The molecule has 9 heteroatoms. The molecule has 3 N–H and O–H groups in total. The zero-order valence-corrected chi connectivity index (χ0v) is 19.2. The third-order valence-electron chi connectivity index (χ3n) is 6.17. The first-order chi connectivity index (χ1) is 16.5. The fourth-order valence-electron chi connectivity index (χ4n) is 4.51. The highest BCUT2D eigenvalue weighted by atomic mass is 32.2. The van der Waals surface area contributed by atoms with Crippen LogP contribution in [0.2, 0.25) is 0 Å². The van der Waals surface area contributed by atoms with Gasteiger partial charge < -0.3 is 11.1 Å². The normalized spacial score (nSPS) is 18.5. The number of nitrogens with zero attached hydrogens (tertiary/aromatic N) is 4. The van der Waals surface area contributed by atoms with Gasteiger partial charge in [0, 0.05) is 35.4 Å². The van der Waals surface area contributed by atoms with Crippen molar-refractivity contribution in [2.45, 2.75) is 42.7 Å². The Bertz CT molecular complexity index is 1490. The Kier molecular flexibility index (Phi) is 5.77. The van der Waals surface area contributed by atoms with Gasteiger partial charge in [-0.15, -0.1) is 0 Å². The number of fused-ring (bicyclic) bond motifs is 1. The van der Waals surface area contributed by atoms with Crippen LogP contribution >= 0.6 is 0 Å². The molecule has 1 fully saturated rings. The predicted molar refractivity (Wildman–Crippen MR) is 132 cm³/mol. The highest BCUT2D eigenvalue weighted by molar-refractivity contribution is 7.90. The van der Waals surface area contributed by atoms with Crippen LogP contribution in [0.1, 0.15) is 25.7 Å². The molecule has 0 bridgehead atoms. The number of nitrogens with one attached hydrogen (secondary N) is 1. The van der Waals surface area contributed by atoms with Gasteiger partial charge in [0.2, 0.25) is 11.6 Å². The van der Waals surface area contributed by atoms with E-state index in [4.69, 9.17) is 12.3 Å². The van der Waals surface area contributed by atoms with Crippen molar-refractivity contribution in [2.75, 3.05) is 5.32 Å². The molecule has 2 heterocycles. The quantitative estimate of drug-likeness (QED) is 0.412. The third kappa shape index (κ3) is 4.02. The summed E-state index contributed by atoms with van der Waals surface area (Å²) in [5, 5.41) is 4.04. The minimum Gasteiger partial charge on any atom is -0.352 e. The number of benzene rings is 2. The van der Waals surface area contributed by atoms with E-state index in [0.717, 1.165) is 25.7 Å². The first kappa shape index (κ1) is 22.1. The Hall–Kier alpha value is -3.74. The molecule has 34 heavy (non-hydrogen) atoms. The van der Waals surface area contributed by atoms with E-state index in [0.29, 0.717) is 28.1 Å². The zero-order chi connectivity index (χ0) is 23.7. The molecule has 1 aliphatic rings. The molecule has 172 valence electrons. The second kappa shape index (κ2) is 8.89. The summed E-state index contributed by atoms with van der Waals surface area (Å²) in [5.41, 5.74) is 7.85. The smallest absolute Gasteiger partial charge is 0.268 e. The van der Waals surface area contributed by atoms with E-state index in [2.05, 4.69) is 20.1 Å². The van der Waals surface area contributed by atoms with Gasteiger partial charge in [0.25, 0.3) is 10.0 Å². The molecule has 0 unspecified atom stereocenters. The molecule has 2 aromatic carbocycles. The van der Waals surface area contributed by atoms with E-state index >= 15 is 0 Å². The topological polar surface area (TPSA) is 107 Å². The van der Waals surface area contributed by atoms with E-state index in [-0.39, 0.29) is 22.7 Å². The molecule has 0 radical (unpaired) electrons. The minimum atomic E-state index is -3.85. The van der Waals surface area contributed by atoms with Gasteiger partial charge in [0.15, 0.2) is 0 Å². The van der Waals surface area contributed by atoms with E-state index in [1.54, 1.807) is 48.7 Å². The van der Waals surface area contributed by atoms with E-state index in [1.807, 2.05) is 12.1 Å². The van der Waals surface area contributed by atoms with Gasteiger partial charge in [-0.1, -0.05) is 36.4 Å². The number of para-hydroxylation sites is 1. The monoisotopic (exact) mass is 472 g/mol. The lowest BCUT2D eigenvalue weighted by Crippen LogP contribution is -2.35. The second-order valence-electron chi connectivity index (χ2n) is 8.48. The lowest BCUT2D eigenvalue weighted by molar-refractivity contribution is 0.408. The maximum Gasteiger partial charge on any atom is 0.268 e. The Morgan fingerprint density at radius 3 is 2.62 bits per heavy atom. The largest absolute Gasteiger partial charge is 0.352 e. The van der Waals surface area contributed by atoms with Gasteiger partial charge >= 0.3 is 0 Å². The maximum atomic E-state index is 13.5. The number of hydrogen-bond acceptors (Lipinski definition) is 6. The standard InChI is InChI=1S/C25H24N6O2S/c1-27-22-15-28-25(29-18-9-7-8-17(26)14-18)30-24(22)21-16-31(23-13-6-5-12-20(21)23)34(32,33)19-10-3-2-4-11-19/h2-6,10-13,15-18H,7-9,14,26H2,(H,28,29,30)/t17-,18+/m0/s1. The van der Waals surface area contributed by atoms with Crippen molar-refractivity contribution in [1.82, 2.24) is 13.9 Å². The van der Waals surface area contributed by atoms with E-state index < -0.39 is 10.0 Å². The summed E-state index contributed by atoms with van der Waals surface area (Å²) < 4.78 is 28.2. The van der Waals surface area contributed by atoms with Crippen LogP contribution in [0.4, 0.5) is 11.6 Å². The molecule has 0 spiro atoms. The number of hydrogen-bond donors (Lipinski definition) is 2. The maximum absolute atomic E-state index is 13.5. The van der Waals surface area contributed by atoms with Gasteiger partial charge in [-0.05, 0) is 43.9 Å². The van der Waals surface area contributed by atoms with Crippen molar-refractivity contribution in [1.29, 1.82) is 0 Å². The van der Waals surface area contributed by atoms with Crippen molar-refractivity contribution in [3.63, 3.8) is 0 Å². The summed E-state index contributed by atoms with van der Waals surface area (Å²) >= 11 is 0. The SMILES string of the molecule is [C-]#[N+]c1cnc(N[C@@H]2CCC[C@H](N)C2)nc1-c1cn(S(=O)(=O)c2ccccc2)c2ccccc12. The molecule has 1 saturated carbocycles. The second-order valence-corrected chi connectivity index (χ2v) is 10.3. The van der Waals surface area contributed by atoms with Crippen LogP contribution in [0.5, 0.6) is 0 Å². The molecule has 5 rings (SSSR count). The first-order valence-electron chi connectivity index (χ1n) is 11.1. The summed E-state index contributed by atoms with van der Waals surface area (Å²) in [6.07, 6.45) is 6.89. The van der Waals surface area contributed by atoms with Crippen LogP contribution in [-0.2, 0) is 10.0 Å². The lowest BCUT2D eigenvalue weighted by atomic mass is 9.92. The number of rotatable bonds is 5. The summed E-state index contributed by atoms with van der Waals surface area (Å²) in [7, 11) is -3.85. The molecular formula is C25H24N6O2S. The average molecular weight is 473 g/mol. The highest BCUT2D eigenvalue weighted by Gasteiger charge is 2.24. The molecule has 0 saturated heterocycles. The summed E-state index contributed by atoms with van der Waals surface area (Å²) in [4.78, 5) is 12.8. The highest BCUT2D eigenvalue weighted by Crippen LogP contribution is 2.37. The summed E-state index contributed by atoms with van der Waals surface area (Å²) in [5.74, 6) is 0.407. The van der Waals surface area contributed by atoms with Crippen LogP contribution in [0.15, 0.2) is 71.9 Å². The zero-order valence-electron chi connectivity index (χ0n) is 18.4. The molecular weight excluding hydrogens is 448 g/mol. The van der Waals surface area contributed by atoms with Crippen LogP contribution in [0, 0.1) is 6.57 Å². The number of nitrogens with two attached hydrogens (primary N) is 1. The van der Waals surface area contributed by atoms with Gasteiger partial charge in [-0.25, -0.2) is 27.2 Å². The third-order valence-corrected chi connectivity index (χ3v) is 7.86. The average Bonchev–Trinajstić information content (AvgIpc) is 3.25. The number of aromatic nitrogens is 3. The molecule has 0 aliphatic heterocycles. The number of anilines is 1. The van der Waals surface area contributed by atoms with Gasteiger partial charge in [-0.3, -0.25) is 0 Å². The Balaban J connectivity index is 1.63. The van der Waals surface area contributed by atoms with Crippen molar-refractivity contribution in [3.8, 4) is 11.3 Å². The summed E-state index contributed by atoms with van der Waals surface area (Å²) in [6.45, 7) is 7.64. The Morgan fingerprint density at radius 2 is 1.85 bits per heavy atom. The predicted octanol–water partition coefficient (Wildman–Crippen LogP) is 4.57. The molecule has 0 amide bonds. The van der Waals surface area contributed by atoms with Crippen molar-refractivity contribution in [3.05, 3.63) is 78.4 Å². The van der Waals surface area contributed by atoms with Gasteiger partial charge in [0.05, 0.1) is 22.7 Å². The van der Waals surface area contributed by atoms with Crippen LogP contribution < -0.4 is 11.1 Å². The molecule has 2 atom stereocenters.